The van der Waals surface area contributed by atoms with Crippen LogP contribution in [-0.2, 0) is 6.42 Å². The van der Waals surface area contributed by atoms with Crippen molar-refractivity contribution < 1.29 is 5.11 Å². The molecule has 2 aromatic carbocycles. The number of rotatable bonds is 3. The Hall–Kier alpha value is -1.61. The molecule has 0 saturated heterocycles. The van der Waals surface area contributed by atoms with Crippen LogP contribution < -0.4 is 0 Å². The molecule has 0 aliphatic heterocycles. The van der Waals surface area contributed by atoms with Gasteiger partial charge in [-0.05, 0) is 18.2 Å². The summed E-state index contributed by atoms with van der Waals surface area (Å²) < 4.78 is 0. The number of hydrogen-bond acceptors (Lipinski definition) is 2. The summed E-state index contributed by atoms with van der Waals surface area (Å²) in [5, 5.41) is 12.3. The number of hydrogen-bond donors (Lipinski definition) is 1. The summed E-state index contributed by atoms with van der Waals surface area (Å²) in [5.74, 6) is 0. The second-order valence-electron chi connectivity index (χ2n) is 4.86. The fraction of sp³-hybridized carbons (Fsp3) is 0.118. The molecule has 3 aromatic rings. The Morgan fingerprint density at radius 3 is 2.62 bits per heavy atom. The number of halogens is 2. The number of aliphatic hydroxyl groups is 1. The predicted molar refractivity (Wildman–Crippen MR) is 86.9 cm³/mol. The normalized spacial score (nSPS) is 12.5. The maximum atomic E-state index is 10.4. The summed E-state index contributed by atoms with van der Waals surface area (Å²) >= 11 is 12.1. The highest BCUT2D eigenvalue weighted by Gasteiger charge is 2.15. The summed E-state index contributed by atoms with van der Waals surface area (Å²) in [6.45, 7) is 0. The van der Waals surface area contributed by atoms with Crippen LogP contribution in [0, 0.1) is 0 Å². The van der Waals surface area contributed by atoms with Gasteiger partial charge in [0.15, 0.2) is 0 Å². The molecule has 4 heteroatoms. The molecule has 2 nitrogen and oxygen atoms in total. The third kappa shape index (κ3) is 3.03. The van der Waals surface area contributed by atoms with Crippen LogP contribution in [0.4, 0.5) is 0 Å². The molecule has 0 fully saturated rings. The number of pyridine rings is 1. The Kier molecular flexibility index (Phi) is 4.11. The topological polar surface area (TPSA) is 33.1 Å². The highest BCUT2D eigenvalue weighted by molar-refractivity contribution is 6.42. The van der Waals surface area contributed by atoms with Crippen molar-refractivity contribution >= 4 is 34.1 Å². The lowest BCUT2D eigenvalue weighted by Crippen LogP contribution is -2.04. The van der Waals surface area contributed by atoms with E-state index in [9.17, 15) is 5.11 Å². The molecule has 1 heterocycles. The molecule has 1 unspecified atom stereocenters. The molecule has 0 aliphatic carbocycles. The molecular formula is C17H13Cl2NO. The lowest BCUT2D eigenvalue weighted by molar-refractivity contribution is 0.177. The van der Waals surface area contributed by atoms with Crippen LogP contribution >= 0.6 is 23.2 Å². The number of fused-ring (bicyclic) bond motifs is 1. The molecule has 0 saturated carbocycles. The molecule has 106 valence electrons. The summed E-state index contributed by atoms with van der Waals surface area (Å²) in [4.78, 5) is 4.56. The van der Waals surface area contributed by atoms with Gasteiger partial charge in [0, 0.05) is 23.1 Å². The van der Waals surface area contributed by atoms with E-state index >= 15 is 0 Å². The highest BCUT2D eigenvalue weighted by Crippen LogP contribution is 2.31. The number of para-hydroxylation sites is 1. The van der Waals surface area contributed by atoms with E-state index in [4.69, 9.17) is 23.2 Å². The van der Waals surface area contributed by atoms with Gasteiger partial charge in [-0.3, -0.25) is 4.98 Å². The average Bonchev–Trinajstić information content (AvgIpc) is 2.50. The van der Waals surface area contributed by atoms with Crippen molar-refractivity contribution in [2.75, 3.05) is 0 Å². The van der Waals surface area contributed by atoms with Gasteiger partial charge in [0.1, 0.15) is 0 Å². The van der Waals surface area contributed by atoms with Crippen LogP contribution in [0.3, 0.4) is 0 Å². The number of aliphatic hydroxyl groups excluding tert-OH is 1. The van der Waals surface area contributed by atoms with Crippen molar-refractivity contribution in [2.45, 2.75) is 12.5 Å². The molecule has 0 radical (unpaired) electrons. The van der Waals surface area contributed by atoms with Gasteiger partial charge in [-0.25, -0.2) is 0 Å². The predicted octanol–water partition coefficient (Wildman–Crippen LogP) is 4.82. The van der Waals surface area contributed by atoms with Gasteiger partial charge in [0.2, 0.25) is 0 Å². The second-order valence-corrected chi connectivity index (χ2v) is 5.64. The van der Waals surface area contributed by atoms with Crippen LogP contribution in [0.25, 0.3) is 10.9 Å². The van der Waals surface area contributed by atoms with E-state index < -0.39 is 6.10 Å². The zero-order chi connectivity index (χ0) is 14.8. The maximum absolute atomic E-state index is 10.4. The van der Waals surface area contributed by atoms with Crippen LogP contribution in [0.2, 0.25) is 10.0 Å². The van der Waals surface area contributed by atoms with Crippen molar-refractivity contribution in [1.82, 2.24) is 4.98 Å². The lowest BCUT2D eigenvalue weighted by atomic mass is 10.0. The SMILES string of the molecule is OC(Cc1ccc2ccccc2n1)c1cccc(Cl)c1Cl. The van der Waals surface area contributed by atoms with Gasteiger partial charge in [0.25, 0.3) is 0 Å². The van der Waals surface area contributed by atoms with E-state index in [0.717, 1.165) is 16.6 Å². The van der Waals surface area contributed by atoms with Gasteiger partial charge in [-0.1, -0.05) is 59.6 Å². The molecular weight excluding hydrogens is 305 g/mol. The molecule has 0 bridgehead atoms. The molecule has 1 N–H and O–H groups in total. The molecule has 0 spiro atoms. The quantitative estimate of drug-likeness (QED) is 0.751. The molecule has 3 rings (SSSR count). The Morgan fingerprint density at radius 1 is 0.952 bits per heavy atom. The van der Waals surface area contributed by atoms with Crippen molar-refractivity contribution in [2.24, 2.45) is 0 Å². The smallest absolute Gasteiger partial charge is 0.0860 e. The van der Waals surface area contributed by atoms with Crippen molar-refractivity contribution in [3.63, 3.8) is 0 Å². The summed E-state index contributed by atoms with van der Waals surface area (Å²) in [5.41, 5.74) is 2.36. The van der Waals surface area contributed by atoms with Crippen LogP contribution in [0.15, 0.2) is 54.6 Å². The molecule has 1 atom stereocenters. The molecule has 0 amide bonds. The fourth-order valence-corrected chi connectivity index (χ4v) is 2.74. The first kappa shape index (κ1) is 14.3. The second kappa shape index (κ2) is 6.02. The Labute approximate surface area is 133 Å². The van der Waals surface area contributed by atoms with E-state index in [2.05, 4.69) is 4.98 Å². The maximum Gasteiger partial charge on any atom is 0.0860 e. The van der Waals surface area contributed by atoms with Gasteiger partial charge in [0.05, 0.1) is 21.7 Å². The van der Waals surface area contributed by atoms with Crippen molar-refractivity contribution in [3.8, 4) is 0 Å². The zero-order valence-electron chi connectivity index (χ0n) is 11.1. The van der Waals surface area contributed by atoms with Crippen LogP contribution in [0.5, 0.6) is 0 Å². The van der Waals surface area contributed by atoms with E-state index in [0.29, 0.717) is 22.0 Å². The molecule has 1 aromatic heterocycles. The average molecular weight is 318 g/mol. The largest absolute Gasteiger partial charge is 0.388 e. The van der Waals surface area contributed by atoms with Crippen LogP contribution in [-0.4, -0.2) is 10.1 Å². The van der Waals surface area contributed by atoms with E-state index in [1.807, 2.05) is 36.4 Å². The van der Waals surface area contributed by atoms with Gasteiger partial charge in [-0.15, -0.1) is 0 Å². The highest BCUT2D eigenvalue weighted by atomic mass is 35.5. The van der Waals surface area contributed by atoms with E-state index in [1.54, 1.807) is 18.2 Å². The van der Waals surface area contributed by atoms with Gasteiger partial charge < -0.3 is 5.11 Å². The number of nitrogens with zero attached hydrogens (tertiary/aromatic N) is 1. The zero-order valence-corrected chi connectivity index (χ0v) is 12.6. The standard InChI is InChI=1S/C17H13Cl2NO/c18-14-6-3-5-13(17(14)19)16(21)10-12-9-8-11-4-1-2-7-15(11)20-12/h1-9,16,21H,10H2. The number of aromatic nitrogens is 1. The Bertz CT molecular complexity index is 789. The first-order valence-corrected chi connectivity index (χ1v) is 7.37. The summed E-state index contributed by atoms with van der Waals surface area (Å²) in [6, 6.07) is 17.1. The number of benzene rings is 2. The van der Waals surface area contributed by atoms with Crippen LogP contribution in [0.1, 0.15) is 17.4 Å². The minimum absolute atomic E-state index is 0.394. The van der Waals surface area contributed by atoms with Gasteiger partial charge >= 0.3 is 0 Å². The summed E-state index contributed by atoms with van der Waals surface area (Å²) in [6.07, 6.45) is -0.338. The third-order valence-corrected chi connectivity index (χ3v) is 4.23. The lowest BCUT2D eigenvalue weighted by Gasteiger charge is -2.13. The minimum Gasteiger partial charge on any atom is -0.388 e. The first-order chi connectivity index (χ1) is 10.1. The fourth-order valence-electron chi connectivity index (χ4n) is 2.31. The monoisotopic (exact) mass is 317 g/mol. The van der Waals surface area contributed by atoms with Gasteiger partial charge in [-0.2, -0.15) is 0 Å². The van der Waals surface area contributed by atoms with E-state index in [1.165, 1.54) is 0 Å². The first-order valence-electron chi connectivity index (χ1n) is 6.62. The minimum atomic E-state index is -0.732. The molecule has 0 aliphatic rings. The van der Waals surface area contributed by atoms with Crippen molar-refractivity contribution in [1.29, 1.82) is 0 Å². The van der Waals surface area contributed by atoms with Crippen molar-refractivity contribution in [3.05, 3.63) is 75.9 Å². The molecule has 21 heavy (non-hydrogen) atoms. The Morgan fingerprint density at radius 2 is 1.76 bits per heavy atom. The third-order valence-electron chi connectivity index (χ3n) is 3.40. The van der Waals surface area contributed by atoms with E-state index in [-0.39, 0.29) is 0 Å². The summed E-state index contributed by atoms with van der Waals surface area (Å²) in [7, 11) is 0. The Balaban J connectivity index is 1.89.